The Balaban J connectivity index is 2.68. The van der Waals surface area contributed by atoms with E-state index < -0.39 is 0 Å². The zero-order valence-electron chi connectivity index (χ0n) is 5.19. The number of hydrogen-bond acceptors (Lipinski definition) is 2. The van der Waals surface area contributed by atoms with Crippen molar-refractivity contribution >= 4 is 20.4 Å². The molecule has 0 radical (unpaired) electrons. The van der Waals surface area contributed by atoms with Crippen LogP contribution in [-0.2, 0) is 4.12 Å². The zero-order chi connectivity index (χ0) is 5.70. The SMILES string of the molecule is CC(C)N[SiH2]O[SiH3]. The molecule has 0 spiro atoms. The van der Waals surface area contributed by atoms with Crippen molar-refractivity contribution in [3.63, 3.8) is 0 Å². The fourth-order valence-corrected chi connectivity index (χ4v) is 1.25. The molecule has 0 atom stereocenters. The van der Waals surface area contributed by atoms with E-state index >= 15 is 0 Å². The normalized spacial score (nSPS) is 12.4. The fourth-order valence-electron chi connectivity index (χ4n) is 0.250. The molecule has 0 amide bonds. The van der Waals surface area contributed by atoms with Crippen molar-refractivity contribution in [3.8, 4) is 0 Å². The van der Waals surface area contributed by atoms with Gasteiger partial charge in [-0.25, -0.2) is 0 Å². The Morgan fingerprint density at radius 2 is 2.29 bits per heavy atom. The second-order valence-corrected chi connectivity index (χ2v) is 4.80. The number of hydrogen-bond donors (Lipinski definition) is 1. The van der Waals surface area contributed by atoms with E-state index in [2.05, 4.69) is 18.8 Å². The van der Waals surface area contributed by atoms with Gasteiger partial charge in [0.05, 0.1) is 0 Å². The molecule has 0 fully saturated rings. The first-order chi connectivity index (χ1) is 3.27. The van der Waals surface area contributed by atoms with E-state index in [9.17, 15) is 0 Å². The lowest BCUT2D eigenvalue weighted by Gasteiger charge is -2.03. The van der Waals surface area contributed by atoms with Gasteiger partial charge in [0, 0.05) is 0 Å². The number of nitrogens with one attached hydrogen (secondary N) is 1. The molecule has 0 aliphatic carbocycles. The molecule has 0 unspecified atom stereocenters. The van der Waals surface area contributed by atoms with Gasteiger partial charge in [0.2, 0.25) is 9.92 Å². The van der Waals surface area contributed by atoms with Crippen molar-refractivity contribution in [2.75, 3.05) is 0 Å². The molecule has 0 heterocycles. The van der Waals surface area contributed by atoms with Crippen LogP contribution in [0.3, 0.4) is 0 Å². The number of rotatable bonds is 3. The van der Waals surface area contributed by atoms with Crippen LogP contribution in [0, 0.1) is 0 Å². The summed E-state index contributed by atoms with van der Waals surface area (Å²) in [5.41, 5.74) is 0. The van der Waals surface area contributed by atoms with Crippen LogP contribution < -0.4 is 4.98 Å². The van der Waals surface area contributed by atoms with E-state index in [4.69, 9.17) is 4.12 Å². The molecule has 0 aliphatic heterocycles. The standard InChI is InChI=1S/C3H13NOSi2/c1-3(2)4-7-5-6/h3-4H,7H2,1-2,6H3. The molecule has 0 aromatic heterocycles. The average Bonchev–Trinajstić information content (AvgIpc) is 1.61. The summed E-state index contributed by atoms with van der Waals surface area (Å²) >= 11 is 0. The highest BCUT2D eigenvalue weighted by atomic mass is 28.3. The average molecular weight is 135 g/mol. The van der Waals surface area contributed by atoms with E-state index in [1.807, 2.05) is 0 Å². The molecule has 0 saturated carbocycles. The predicted molar refractivity (Wildman–Crippen MR) is 37.8 cm³/mol. The monoisotopic (exact) mass is 135 g/mol. The Hall–Kier alpha value is 0.354. The van der Waals surface area contributed by atoms with Crippen LogP contribution >= 0.6 is 0 Å². The topological polar surface area (TPSA) is 21.3 Å². The van der Waals surface area contributed by atoms with Crippen LogP contribution in [0.2, 0.25) is 0 Å². The van der Waals surface area contributed by atoms with E-state index in [0.29, 0.717) is 6.04 Å². The minimum absolute atomic E-state index is 0.314. The maximum atomic E-state index is 5.02. The second-order valence-electron chi connectivity index (χ2n) is 1.79. The minimum atomic E-state index is -0.314. The van der Waals surface area contributed by atoms with Gasteiger partial charge >= 0.3 is 0 Å². The third-order valence-electron chi connectivity index (χ3n) is 0.636. The van der Waals surface area contributed by atoms with Crippen LogP contribution in [0.4, 0.5) is 0 Å². The smallest absolute Gasteiger partial charge is 0.224 e. The van der Waals surface area contributed by atoms with Crippen LogP contribution in [-0.4, -0.2) is 26.5 Å². The van der Waals surface area contributed by atoms with Crippen molar-refractivity contribution in [2.45, 2.75) is 19.9 Å². The lowest BCUT2D eigenvalue weighted by atomic mass is 10.4. The Kier molecular flexibility index (Phi) is 4.74. The van der Waals surface area contributed by atoms with Gasteiger partial charge in [-0.1, -0.05) is 13.8 Å². The van der Waals surface area contributed by atoms with Crippen LogP contribution in [0.5, 0.6) is 0 Å². The molecule has 1 N–H and O–H groups in total. The molecule has 0 aliphatic rings. The van der Waals surface area contributed by atoms with Gasteiger partial charge < -0.3 is 9.10 Å². The summed E-state index contributed by atoms with van der Waals surface area (Å²) in [6.45, 7) is 4.27. The first-order valence-electron chi connectivity index (χ1n) is 2.49. The summed E-state index contributed by atoms with van der Waals surface area (Å²) in [4.78, 5) is 3.25. The first kappa shape index (κ1) is 7.35. The Morgan fingerprint density at radius 1 is 1.71 bits per heavy atom. The summed E-state index contributed by atoms with van der Waals surface area (Å²) in [5, 5.41) is 0. The maximum Gasteiger partial charge on any atom is 0.224 e. The van der Waals surface area contributed by atoms with E-state index in [0.717, 1.165) is 10.5 Å². The lowest BCUT2D eigenvalue weighted by molar-refractivity contribution is 0.610. The van der Waals surface area contributed by atoms with E-state index in [-0.39, 0.29) is 9.92 Å². The minimum Gasteiger partial charge on any atom is -0.457 e. The zero-order valence-corrected chi connectivity index (χ0v) is 8.61. The molecular formula is C3H13NOSi2. The molecule has 0 rings (SSSR count). The van der Waals surface area contributed by atoms with Gasteiger partial charge in [-0.3, -0.25) is 0 Å². The molecular weight excluding hydrogens is 122 g/mol. The van der Waals surface area contributed by atoms with Crippen molar-refractivity contribution in [2.24, 2.45) is 0 Å². The molecule has 0 aromatic carbocycles. The third-order valence-corrected chi connectivity index (χ3v) is 2.77. The van der Waals surface area contributed by atoms with Gasteiger partial charge in [0.1, 0.15) is 10.5 Å². The summed E-state index contributed by atoms with van der Waals surface area (Å²) < 4.78 is 5.02. The third kappa shape index (κ3) is 6.35. The summed E-state index contributed by atoms with van der Waals surface area (Å²) in [6, 6.07) is 0.612. The molecule has 4 heteroatoms. The van der Waals surface area contributed by atoms with Crippen LogP contribution in [0.25, 0.3) is 0 Å². The Morgan fingerprint density at radius 3 is 2.43 bits per heavy atom. The fraction of sp³-hybridized carbons (Fsp3) is 1.00. The first-order valence-corrected chi connectivity index (χ1v) is 4.59. The highest BCUT2D eigenvalue weighted by molar-refractivity contribution is 6.31. The van der Waals surface area contributed by atoms with Crippen molar-refractivity contribution in [1.29, 1.82) is 0 Å². The molecule has 2 nitrogen and oxygen atoms in total. The highest BCUT2D eigenvalue weighted by Crippen LogP contribution is 1.70. The Labute approximate surface area is 50.2 Å². The van der Waals surface area contributed by atoms with Gasteiger partial charge in [0.15, 0.2) is 0 Å². The predicted octanol–water partition coefficient (Wildman–Crippen LogP) is -1.72. The van der Waals surface area contributed by atoms with Gasteiger partial charge in [-0.05, 0) is 6.04 Å². The molecule has 0 saturated heterocycles. The summed E-state index contributed by atoms with van der Waals surface area (Å²) in [7, 11) is 0.580. The molecule has 0 bridgehead atoms. The second kappa shape index (κ2) is 4.51. The quantitative estimate of drug-likeness (QED) is 0.465. The summed E-state index contributed by atoms with van der Waals surface area (Å²) in [5.74, 6) is 0. The highest BCUT2D eigenvalue weighted by Gasteiger charge is 1.86. The van der Waals surface area contributed by atoms with Gasteiger partial charge in [-0.2, -0.15) is 0 Å². The van der Waals surface area contributed by atoms with E-state index in [1.54, 1.807) is 0 Å². The molecule has 7 heavy (non-hydrogen) atoms. The maximum absolute atomic E-state index is 5.02. The largest absolute Gasteiger partial charge is 0.457 e. The van der Waals surface area contributed by atoms with Crippen LogP contribution in [0.1, 0.15) is 13.8 Å². The van der Waals surface area contributed by atoms with Crippen LogP contribution in [0.15, 0.2) is 0 Å². The Bertz CT molecular complexity index is 41.9. The van der Waals surface area contributed by atoms with Crippen molar-refractivity contribution in [3.05, 3.63) is 0 Å². The van der Waals surface area contributed by atoms with Gasteiger partial charge in [-0.15, -0.1) is 0 Å². The molecule has 44 valence electrons. The van der Waals surface area contributed by atoms with Crippen molar-refractivity contribution in [1.82, 2.24) is 4.98 Å². The van der Waals surface area contributed by atoms with Crippen molar-refractivity contribution < 1.29 is 4.12 Å². The van der Waals surface area contributed by atoms with Gasteiger partial charge in [0.25, 0.3) is 0 Å². The van der Waals surface area contributed by atoms with E-state index in [1.165, 1.54) is 0 Å². The summed E-state index contributed by atoms with van der Waals surface area (Å²) in [6.07, 6.45) is 0. The lowest BCUT2D eigenvalue weighted by Crippen LogP contribution is -2.28. The molecule has 0 aromatic rings.